The third kappa shape index (κ3) is 3.02. The molecule has 10 heavy (non-hydrogen) atoms. The highest BCUT2D eigenvalue weighted by atomic mass is 28.3. The van der Waals surface area contributed by atoms with Gasteiger partial charge in [-0.25, -0.2) is 0 Å². The van der Waals surface area contributed by atoms with Gasteiger partial charge in [-0.3, -0.25) is 0 Å². The van der Waals surface area contributed by atoms with Gasteiger partial charge >= 0.3 is 0 Å². The number of hydrogen-bond acceptors (Lipinski definition) is 0. The molecule has 0 aliphatic rings. The molecule has 0 aromatic rings. The van der Waals surface area contributed by atoms with E-state index in [9.17, 15) is 0 Å². The van der Waals surface area contributed by atoms with Crippen LogP contribution < -0.4 is 0 Å². The first-order valence-electron chi connectivity index (χ1n) is 3.76. The maximum absolute atomic E-state index is 3.83. The van der Waals surface area contributed by atoms with Gasteiger partial charge in [0.05, 0.1) is 8.07 Å². The van der Waals surface area contributed by atoms with E-state index in [1.165, 1.54) is 0 Å². The second kappa shape index (κ2) is 3.77. The molecule has 0 spiro atoms. The van der Waals surface area contributed by atoms with Gasteiger partial charge in [0.1, 0.15) is 0 Å². The topological polar surface area (TPSA) is 0 Å². The van der Waals surface area contributed by atoms with Gasteiger partial charge in [0, 0.05) is 0 Å². The number of hydrogen-bond donors (Lipinski definition) is 0. The average Bonchev–Trinajstić information content (AvgIpc) is 1.80. The van der Waals surface area contributed by atoms with Crippen molar-refractivity contribution in [1.29, 1.82) is 0 Å². The lowest BCUT2D eigenvalue weighted by Gasteiger charge is -2.24. The highest BCUT2D eigenvalue weighted by Gasteiger charge is 2.21. The minimum atomic E-state index is -0.997. The number of rotatable bonds is 4. The molecule has 0 aromatic carbocycles. The van der Waals surface area contributed by atoms with E-state index in [0.717, 1.165) is 6.42 Å². The molecule has 0 aliphatic carbocycles. The fourth-order valence-electron chi connectivity index (χ4n) is 0.983. The monoisotopic (exact) mass is 154 g/mol. The van der Waals surface area contributed by atoms with Crippen LogP contribution >= 0.6 is 0 Å². The Morgan fingerprint density at radius 2 is 1.80 bits per heavy atom. The van der Waals surface area contributed by atoms with Crippen molar-refractivity contribution in [3.05, 3.63) is 25.3 Å². The van der Waals surface area contributed by atoms with Gasteiger partial charge in [-0.2, -0.15) is 0 Å². The lowest BCUT2D eigenvalue weighted by molar-refractivity contribution is 0.998. The molecule has 0 saturated heterocycles. The summed E-state index contributed by atoms with van der Waals surface area (Å²) in [5, 5.41) is 0. The second-order valence-corrected chi connectivity index (χ2v) is 9.21. The lowest BCUT2D eigenvalue weighted by Crippen LogP contribution is -2.26. The zero-order valence-corrected chi connectivity index (χ0v) is 8.35. The molecule has 0 bridgehead atoms. The summed E-state index contributed by atoms with van der Waals surface area (Å²) in [5.74, 6) is 0. The third-order valence-corrected chi connectivity index (χ3v) is 4.51. The molecule has 0 aromatic heterocycles. The van der Waals surface area contributed by atoms with Crippen LogP contribution in [0.25, 0.3) is 0 Å². The summed E-state index contributed by atoms with van der Waals surface area (Å²) in [5.41, 5.74) is 0.699. The Balaban J connectivity index is 4.05. The minimum absolute atomic E-state index is 0.699. The van der Waals surface area contributed by atoms with Crippen molar-refractivity contribution < 1.29 is 0 Å². The molecule has 1 atom stereocenters. The van der Waals surface area contributed by atoms with E-state index in [-0.39, 0.29) is 0 Å². The average molecular weight is 154 g/mol. The largest absolute Gasteiger partial charge is 0.103 e. The predicted molar refractivity (Wildman–Crippen MR) is 52.1 cm³/mol. The maximum Gasteiger partial charge on any atom is 0.0517 e. The van der Waals surface area contributed by atoms with Crippen molar-refractivity contribution in [2.75, 3.05) is 0 Å². The normalized spacial score (nSPS) is 14.3. The summed E-state index contributed by atoms with van der Waals surface area (Å²) in [6.07, 6.45) is 5.16. The maximum atomic E-state index is 3.83. The van der Waals surface area contributed by atoms with Gasteiger partial charge in [-0.05, 0) is 12.0 Å². The molecule has 0 rings (SSSR count). The van der Waals surface area contributed by atoms with Crippen LogP contribution in [0, 0.1) is 0 Å². The Hall–Kier alpha value is -0.303. The van der Waals surface area contributed by atoms with Crippen molar-refractivity contribution in [2.24, 2.45) is 0 Å². The molecular formula is C9H18Si. The van der Waals surface area contributed by atoms with Gasteiger partial charge in [0.25, 0.3) is 0 Å². The molecule has 1 heteroatoms. The molecule has 0 aliphatic heterocycles. The summed E-state index contributed by atoms with van der Waals surface area (Å²) < 4.78 is 0. The summed E-state index contributed by atoms with van der Waals surface area (Å²) >= 11 is 0. The fraction of sp³-hybridized carbons (Fsp3) is 0.556. The van der Waals surface area contributed by atoms with Crippen LogP contribution in [0.4, 0.5) is 0 Å². The van der Waals surface area contributed by atoms with Crippen LogP contribution in [0.2, 0.25) is 25.2 Å². The van der Waals surface area contributed by atoms with E-state index in [1.54, 1.807) is 0 Å². The summed E-state index contributed by atoms with van der Waals surface area (Å²) in [6.45, 7) is 14.7. The molecule has 58 valence electrons. The zero-order chi connectivity index (χ0) is 8.20. The van der Waals surface area contributed by atoms with Crippen LogP contribution in [0.5, 0.6) is 0 Å². The van der Waals surface area contributed by atoms with Gasteiger partial charge < -0.3 is 0 Å². The Labute approximate surface area is 65.7 Å². The fourth-order valence-corrected chi connectivity index (χ4v) is 2.56. The zero-order valence-electron chi connectivity index (χ0n) is 7.35. The molecule has 0 heterocycles. The first-order chi connectivity index (χ1) is 4.52. The van der Waals surface area contributed by atoms with Crippen molar-refractivity contribution in [3.63, 3.8) is 0 Å². The third-order valence-electron chi connectivity index (χ3n) is 1.82. The standard InChI is InChI=1S/C9H18Si/c1-6-8-9(7-2)10(3,4)5/h6-7,9H,1-2,8H2,3-5H3. The SMILES string of the molecule is C=CCC(C=C)[Si](C)(C)C. The quantitative estimate of drug-likeness (QED) is 0.430. The molecule has 1 unspecified atom stereocenters. The minimum Gasteiger partial charge on any atom is -0.103 e. The second-order valence-electron chi connectivity index (χ2n) is 3.73. The van der Waals surface area contributed by atoms with Crippen molar-refractivity contribution >= 4 is 8.07 Å². The number of allylic oxidation sites excluding steroid dienone is 2. The van der Waals surface area contributed by atoms with E-state index >= 15 is 0 Å². The first-order valence-corrected chi connectivity index (χ1v) is 7.33. The highest BCUT2D eigenvalue weighted by Crippen LogP contribution is 2.26. The van der Waals surface area contributed by atoms with Crippen LogP contribution in [0.15, 0.2) is 25.3 Å². The van der Waals surface area contributed by atoms with E-state index in [4.69, 9.17) is 0 Å². The van der Waals surface area contributed by atoms with Crippen molar-refractivity contribution in [1.82, 2.24) is 0 Å². The molecule has 0 nitrogen and oxygen atoms in total. The van der Waals surface area contributed by atoms with Crippen LogP contribution in [0.1, 0.15) is 6.42 Å². The van der Waals surface area contributed by atoms with Crippen LogP contribution in [-0.4, -0.2) is 8.07 Å². The van der Waals surface area contributed by atoms with Crippen LogP contribution in [-0.2, 0) is 0 Å². The van der Waals surface area contributed by atoms with Crippen molar-refractivity contribution in [2.45, 2.75) is 31.6 Å². The van der Waals surface area contributed by atoms with Crippen LogP contribution in [0.3, 0.4) is 0 Å². The van der Waals surface area contributed by atoms with E-state index in [0.29, 0.717) is 5.54 Å². The molecular weight excluding hydrogens is 136 g/mol. The van der Waals surface area contributed by atoms with E-state index in [1.807, 2.05) is 6.08 Å². The summed E-state index contributed by atoms with van der Waals surface area (Å²) in [7, 11) is -0.997. The smallest absolute Gasteiger partial charge is 0.0517 e. The van der Waals surface area contributed by atoms with Gasteiger partial charge in [-0.15, -0.1) is 13.2 Å². The van der Waals surface area contributed by atoms with E-state index in [2.05, 4.69) is 38.9 Å². The summed E-state index contributed by atoms with van der Waals surface area (Å²) in [6, 6.07) is 0. The summed E-state index contributed by atoms with van der Waals surface area (Å²) in [4.78, 5) is 0. The van der Waals surface area contributed by atoms with Gasteiger partial charge in [-0.1, -0.05) is 31.8 Å². The van der Waals surface area contributed by atoms with E-state index < -0.39 is 8.07 Å². The Bertz CT molecular complexity index is 119. The Kier molecular flexibility index (Phi) is 3.65. The van der Waals surface area contributed by atoms with Gasteiger partial charge in [0.2, 0.25) is 0 Å². The molecule has 0 amide bonds. The Morgan fingerprint density at radius 1 is 1.30 bits per heavy atom. The highest BCUT2D eigenvalue weighted by molar-refractivity contribution is 6.78. The lowest BCUT2D eigenvalue weighted by atomic mass is 10.3. The molecule has 0 fully saturated rings. The Morgan fingerprint density at radius 3 is 1.90 bits per heavy atom. The molecule has 0 saturated carbocycles. The van der Waals surface area contributed by atoms with Gasteiger partial charge in [0.15, 0.2) is 0 Å². The first kappa shape index (κ1) is 9.70. The molecule has 0 radical (unpaired) electrons. The molecule has 0 N–H and O–H groups in total. The predicted octanol–water partition coefficient (Wildman–Crippen LogP) is 3.46. The van der Waals surface area contributed by atoms with Crippen molar-refractivity contribution in [3.8, 4) is 0 Å².